The number of pyridine rings is 1. The number of nitrogens with one attached hydrogen (secondary N) is 1. The summed E-state index contributed by atoms with van der Waals surface area (Å²) in [5.41, 5.74) is 2.36. The minimum atomic E-state index is -0.170. The monoisotopic (exact) mass is 475 g/mol. The molecule has 2 aromatic carbocycles. The van der Waals surface area contributed by atoms with Crippen LogP contribution in [0.2, 0.25) is 0 Å². The van der Waals surface area contributed by atoms with Crippen LogP contribution in [0.1, 0.15) is 0 Å². The van der Waals surface area contributed by atoms with Crippen LogP contribution in [-0.4, -0.2) is 51.7 Å². The summed E-state index contributed by atoms with van der Waals surface area (Å²) in [6, 6.07) is 16.7. The van der Waals surface area contributed by atoms with Crippen molar-refractivity contribution in [2.75, 3.05) is 31.4 Å². The highest BCUT2D eigenvalue weighted by molar-refractivity contribution is 7.99. The minimum absolute atomic E-state index is 0.152. The summed E-state index contributed by atoms with van der Waals surface area (Å²) < 4.78 is 18.3. The number of thioether (sulfide) groups is 1. The number of amides is 1. The van der Waals surface area contributed by atoms with Crippen LogP contribution < -0.4 is 19.5 Å². The Hall–Kier alpha value is -4.05. The second kappa shape index (κ2) is 9.84. The average molecular weight is 476 g/mol. The molecule has 5 rings (SSSR count). The Morgan fingerprint density at radius 2 is 1.79 bits per heavy atom. The Kier molecular flexibility index (Phi) is 6.30. The van der Waals surface area contributed by atoms with Gasteiger partial charge in [0.25, 0.3) is 0 Å². The maximum atomic E-state index is 12.7. The number of methoxy groups -OCH3 is 1. The van der Waals surface area contributed by atoms with Crippen molar-refractivity contribution in [3.8, 4) is 34.3 Å². The zero-order valence-electron chi connectivity index (χ0n) is 18.3. The van der Waals surface area contributed by atoms with Crippen LogP contribution in [0.25, 0.3) is 17.1 Å². The Bertz CT molecular complexity index is 1290. The third kappa shape index (κ3) is 4.67. The normalized spacial score (nSPS) is 12.3. The summed E-state index contributed by atoms with van der Waals surface area (Å²) >= 11 is 1.30. The summed E-state index contributed by atoms with van der Waals surface area (Å²) in [4.78, 5) is 16.8. The molecule has 1 aliphatic rings. The molecule has 0 aliphatic carbocycles. The van der Waals surface area contributed by atoms with Gasteiger partial charge in [-0.05, 0) is 48.5 Å². The van der Waals surface area contributed by atoms with Gasteiger partial charge in [0, 0.05) is 35.4 Å². The number of anilines is 1. The molecule has 1 amide bonds. The van der Waals surface area contributed by atoms with E-state index < -0.39 is 0 Å². The van der Waals surface area contributed by atoms with Crippen LogP contribution in [-0.2, 0) is 4.79 Å². The first-order chi connectivity index (χ1) is 16.7. The fourth-order valence-corrected chi connectivity index (χ4v) is 4.22. The van der Waals surface area contributed by atoms with Crippen molar-refractivity contribution in [1.82, 2.24) is 19.7 Å². The van der Waals surface area contributed by atoms with Crippen molar-refractivity contribution >= 4 is 23.4 Å². The number of aromatic nitrogens is 4. The first kappa shape index (κ1) is 21.8. The fourth-order valence-electron chi connectivity index (χ4n) is 3.46. The van der Waals surface area contributed by atoms with Gasteiger partial charge >= 0.3 is 0 Å². The Balaban J connectivity index is 1.36. The molecule has 2 aromatic heterocycles. The van der Waals surface area contributed by atoms with Crippen molar-refractivity contribution in [1.29, 1.82) is 0 Å². The van der Waals surface area contributed by atoms with Gasteiger partial charge in [-0.1, -0.05) is 11.8 Å². The molecule has 1 aliphatic heterocycles. The van der Waals surface area contributed by atoms with Gasteiger partial charge in [0.1, 0.15) is 19.0 Å². The topological polar surface area (TPSA) is 100 Å². The number of fused-ring (bicyclic) bond motifs is 1. The quantitative estimate of drug-likeness (QED) is 0.403. The van der Waals surface area contributed by atoms with E-state index in [2.05, 4.69) is 20.5 Å². The SMILES string of the molecule is COc1ccc(-n2c(SCC(=O)Nc3ccc4c(c3)OCCO4)nnc2-c2ccncc2)cc1. The molecule has 0 unspecified atom stereocenters. The molecule has 172 valence electrons. The van der Waals surface area contributed by atoms with E-state index in [1.165, 1.54) is 11.8 Å². The smallest absolute Gasteiger partial charge is 0.234 e. The number of benzene rings is 2. The first-order valence-corrected chi connectivity index (χ1v) is 11.5. The number of ether oxygens (including phenoxy) is 3. The van der Waals surface area contributed by atoms with Crippen LogP contribution >= 0.6 is 11.8 Å². The van der Waals surface area contributed by atoms with E-state index in [-0.39, 0.29) is 11.7 Å². The third-order valence-electron chi connectivity index (χ3n) is 5.06. The summed E-state index contributed by atoms with van der Waals surface area (Å²) in [6.07, 6.45) is 3.41. The van der Waals surface area contributed by atoms with Crippen LogP contribution in [0.5, 0.6) is 17.2 Å². The van der Waals surface area contributed by atoms with Gasteiger partial charge in [-0.25, -0.2) is 0 Å². The van der Waals surface area contributed by atoms with Crippen LogP contribution in [0.3, 0.4) is 0 Å². The lowest BCUT2D eigenvalue weighted by Gasteiger charge is -2.19. The molecule has 0 atom stereocenters. The molecule has 10 heteroatoms. The largest absolute Gasteiger partial charge is 0.497 e. The lowest BCUT2D eigenvalue weighted by molar-refractivity contribution is -0.113. The molecule has 0 radical (unpaired) electrons. The van der Waals surface area contributed by atoms with Crippen molar-refractivity contribution < 1.29 is 19.0 Å². The first-order valence-electron chi connectivity index (χ1n) is 10.5. The van der Waals surface area contributed by atoms with Gasteiger partial charge in [-0.15, -0.1) is 10.2 Å². The molecule has 0 spiro atoms. The molecular formula is C24H21N5O4S. The highest BCUT2D eigenvalue weighted by Gasteiger charge is 2.18. The molecular weight excluding hydrogens is 454 g/mol. The highest BCUT2D eigenvalue weighted by atomic mass is 32.2. The number of rotatable bonds is 7. The summed E-state index contributed by atoms with van der Waals surface area (Å²) in [5, 5.41) is 12.2. The molecule has 0 saturated heterocycles. The van der Waals surface area contributed by atoms with E-state index in [4.69, 9.17) is 14.2 Å². The summed E-state index contributed by atoms with van der Waals surface area (Å²) in [6.45, 7) is 1.01. The minimum Gasteiger partial charge on any atom is -0.497 e. The third-order valence-corrected chi connectivity index (χ3v) is 5.99. The lowest BCUT2D eigenvalue weighted by Crippen LogP contribution is -2.17. The van der Waals surface area contributed by atoms with Gasteiger partial charge in [-0.3, -0.25) is 14.3 Å². The van der Waals surface area contributed by atoms with E-state index in [1.807, 2.05) is 41.0 Å². The van der Waals surface area contributed by atoms with Crippen molar-refractivity contribution in [3.05, 3.63) is 67.0 Å². The van der Waals surface area contributed by atoms with Crippen LogP contribution in [0.4, 0.5) is 5.69 Å². The Morgan fingerprint density at radius 1 is 1.03 bits per heavy atom. The molecule has 9 nitrogen and oxygen atoms in total. The predicted octanol–water partition coefficient (Wildman–Crippen LogP) is 3.84. The maximum absolute atomic E-state index is 12.7. The van der Waals surface area contributed by atoms with Crippen molar-refractivity contribution in [3.63, 3.8) is 0 Å². The van der Waals surface area contributed by atoms with E-state index in [9.17, 15) is 4.79 Å². The molecule has 34 heavy (non-hydrogen) atoms. The van der Waals surface area contributed by atoms with Crippen LogP contribution in [0.15, 0.2) is 72.1 Å². The number of carbonyl (C=O) groups excluding carboxylic acids is 1. The van der Waals surface area contributed by atoms with Gasteiger partial charge in [0.15, 0.2) is 22.5 Å². The Morgan fingerprint density at radius 3 is 2.56 bits per heavy atom. The van der Waals surface area contributed by atoms with Gasteiger partial charge in [0.05, 0.1) is 12.9 Å². The maximum Gasteiger partial charge on any atom is 0.234 e. The molecule has 0 bridgehead atoms. The van der Waals surface area contributed by atoms with Gasteiger partial charge in [0.2, 0.25) is 5.91 Å². The summed E-state index contributed by atoms with van der Waals surface area (Å²) in [5.74, 6) is 2.68. The number of hydrogen-bond donors (Lipinski definition) is 1. The summed E-state index contributed by atoms with van der Waals surface area (Å²) in [7, 11) is 1.62. The molecule has 4 aromatic rings. The number of carbonyl (C=O) groups is 1. The van der Waals surface area contributed by atoms with E-state index >= 15 is 0 Å². The van der Waals surface area contributed by atoms with Crippen molar-refractivity contribution in [2.45, 2.75) is 5.16 Å². The van der Waals surface area contributed by atoms with Gasteiger partial charge in [-0.2, -0.15) is 0 Å². The molecule has 3 heterocycles. The van der Waals surface area contributed by atoms with E-state index in [1.54, 1.807) is 37.7 Å². The standard InChI is InChI=1S/C24H21N5O4S/c1-31-19-5-3-18(4-6-19)29-23(16-8-10-25-11-9-16)27-28-24(29)34-15-22(30)26-17-2-7-20-21(14-17)33-13-12-32-20/h2-11,14H,12-13,15H2,1H3,(H,26,30). The lowest BCUT2D eigenvalue weighted by atomic mass is 10.2. The van der Waals surface area contributed by atoms with E-state index in [0.717, 1.165) is 17.0 Å². The molecule has 0 saturated carbocycles. The van der Waals surface area contributed by atoms with Crippen molar-refractivity contribution in [2.24, 2.45) is 0 Å². The molecule has 0 fully saturated rings. The zero-order chi connectivity index (χ0) is 23.3. The van der Waals surface area contributed by atoms with E-state index in [0.29, 0.717) is 41.4 Å². The van der Waals surface area contributed by atoms with Gasteiger partial charge < -0.3 is 19.5 Å². The average Bonchev–Trinajstić information content (AvgIpc) is 3.32. The second-order valence-electron chi connectivity index (χ2n) is 7.27. The fraction of sp³-hybridized carbons (Fsp3) is 0.167. The highest BCUT2D eigenvalue weighted by Crippen LogP contribution is 2.33. The predicted molar refractivity (Wildman–Crippen MR) is 128 cm³/mol. The number of nitrogens with zero attached hydrogens (tertiary/aromatic N) is 4. The zero-order valence-corrected chi connectivity index (χ0v) is 19.1. The second-order valence-corrected chi connectivity index (χ2v) is 8.21. The number of hydrogen-bond acceptors (Lipinski definition) is 8. The van der Waals surface area contributed by atoms with Crippen LogP contribution in [0, 0.1) is 0 Å². The molecule has 1 N–H and O–H groups in total. The Labute approximate surface area is 200 Å².